The lowest BCUT2D eigenvalue weighted by Gasteiger charge is -2.10. The van der Waals surface area contributed by atoms with Crippen LogP contribution in [0.15, 0.2) is 40.9 Å². The number of aromatic nitrogens is 2. The van der Waals surface area contributed by atoms with E-state index in [1.54, 1.807) is 6.07 Å². The van der Waals surface area contributed by atoms with Crippen LogP contribution in [0.4, 0.5) is 0 Å². The molecule has 0 aliphatic heterocycles. The predicted molar refractivity (Wildman–Crippen MR) is 87.8 cm³/mol. The third-order valence-electron chi connectivity index (χ3n) is 3.32. The Balaban J connectivity index is 2.39. The molecule has 104 valence electrons. The summed E-state index contributed by atoms with van der Waals surface area (Å²) >= 11 is 9.51. The van der Waals surface area contributed by atoms with Crippen molar-refractivity contribution in [1.82, 2.24) is 9.55 Å². The second kappa shape index (κ2) is 5.51. The Bertz CT molecular complexity index is 877. The number of benzene rings is 2. The van der Waals surface area contributed by atoms with E-state index < -0.39 is 0 Å². The zero-order valence-corrected chi connectivity index (χ0v) is 13.6. The molecule has 0 N–H and O–H groups in total. The van der Waals surface area contributed by atoms with Gasteiger partial charge in [0.25, 0.3) is 0 Å². The topological polar surface area (TPSA) is 41.6 Å². The van der Waals surface area contributed by atoms with Gasteiger partial charge in [-0.25, -0.2) is 4.98 Å². The van der Waals surface area contributed by atoms with Crippen LogP contribution in [0.25, 0.3) is 16.7 Å². The number of nitrogens with zero attached hydrogens (tertiary/aromatic N) is 3. The summed E-state index contributed by atoms with van der Waals surface area (Å²) in [5.74, 6) is 1.01. The molecular formula is C16H11BrClN3. The fraction of sp³-hybridized carbons (Fsp3) is 0.125. The minimum absolute atomic E-state index is 0.283. The van der Waals surface area contributed by atoms with Gasteiger partial charge in [-0.15, -0.1) is 11.6 Å². The Hall–Kier alpha value is -1.83. The quantitative estimate of drug-likeness (QED) is 0.621. The molecule has 0 unspecified atom stereocenters. The predicted octanol–water partition coefficient (Wildman–Crippen LogP) is 4.71. The van der Waals surface area contributed by atoms with Crippen LogP contribution in [0.3, 0.4) is 0 Å². The van der Waals surface area contributed by atoms with Crippen molar-refractivity contribution in [2.24, 2.45) is 0 Å². The maximum atomic E-state index is 9.36. The number of alkyl halides is 1. The summed E-state index contributed by atoms with van der Waals surface area (Å²) in [7, 11) is 0. The fourth-order valence-corrected chi connectivity index (χ4v) is 2.91. The molecule has 0 spiro atoms. The molecule has 3 aromatic rings. The lowest BCUT2D eigenvalue weighted by molar-refractivity contribution is 0.977. The molecule has 3 rings (SSSR count). The molecule has 5 heteroatoms. The highest BCUT2D eigenvalue weighted by Gasteiger charge is 2.15. The molecule has 1 heterocycles. The number of hydrogen-bond donors (Lipinski definition) is 0. The van der Waals surface area contributed by atoms with Crippen molar-refractivity contribution in [3.05, 3.63) is 57.8 Å². The van der Waals surface area contributed by atoms with E-state index in [0.29, 0.717) is 5.56 Å². The van der Waals surface area contributed by atoms with E-state index in [9.17, 15) is 5.26 Å². The van der Waals surface area contributed by atoms with Gasteiger partial charge in [-0.3, -0.25) is 4.57 Å². The van der Waals surface area contributed by atoms with E-state index in [-0.39, 0.29) is 5.88 Å². The molecule has 0 radical (unpaired) electrons. The van der Waals surface area contributed by atoms with Crippen molar-refractivity contribution >= 4 is 38.6 Å². The van der Waals surface area contributed by atoms with Crippen LogP contribution < -0.4 is 0 Å². The van der Waals surface area contributed by atoms with E-state index >= 15 is 0 Å². The molecule has 0 fully saturated rings. The van der Waals surface area contributed by atoms with Gasteiger partial charge in [0.1, 0.15) is 11.9 Å². The second-order valence-electron chi connectivity index (χ2n) is 4.76. The molecule has 0 atom stereocenters. The van der Waals surface area contributed by atoms with Crippen LogP contribution in [0, 0.1) is 18.3 Å². The van der Waals surface area contributed by atoms with Gasteiger partial charge in [0.05, 0.1) is 28.2 Å². The Labute approximate surface area is 135 Å². The van der Waals surface area contributed by atoms with Gasteiger partial charge in [0.2, 0.25) is 0 Å². The van der Waals surface area contributed by atoms with Crippen molar-refractivity contribution in [3.63, 3.8) is 0 Å². The van der Waals surface area contributed by atoms with E-state index in [1.165, 1.54) is 0 Å². The van der Waals surface area contributed by atoms with Crippen LogP contribution in [0.1, 0.15) is 17.0 Å². The number of nitriles is 1. The molecule has 0 bridgehead atoms. The molecular weight excluding hydrogens is 350 g/mol. The summed E-state index contributed by atoms with van der Waals surface area (Å²) in [6.45, 7) is 2.03. The molecule has 0 aliphatic rings. The number of rotatable bonds is 2. The van der Waals surface area contributed by atoms with Crippen molar-refractivity contribution in [2.75, 3.05) is 0 Å². The van der Waals surface area contributed by atoms with Gasteiger partial charge >= 0.3 is 0 Å². The zero-order valence-electron chi connectivity index (χ0n) is 11.3. The van der Waals surface area contributed by atoms with Gasteiger partial charge in [-0.2, -0.15) is 5.26 Å². The van der Waals surface area contributed by atoms with Crippen LogP contribution in [-0.2, 0) is 5.88 Å². The van der Waals surface area contributed by atoms with Gasteiger partial charge < -0.3 is 0 Å². The first-order chi connectivity index (χ1) is 10.1. The molecule has 0 saturated carbocycles. The largest absolute Gasteiger partial charge is 0.294 e. The minimum atomic E-state index is 0.283. The van der Waals surface area contributed by atoms with Crippen molar-refractivity contribution in [3.8, 4) is 11.8 Å². The van der Waals surface area contributed by atoms with E-state index in [1.807, 2.05) is 41.8 Å². The number of hydrogen-bond acceptors (Lipinski definition) is 2. The highest BCUT2D eigenvalue weighted by atomic mass is 79.9. The fourth-order valence-electron chi connectivity index (χ4n) is 2.38. The summed E-state index contributed by atoms with van der Waals surface area (Å²) in [4.78, 5) is 4.58. The van der Waals surface area contributed by atoms with Crippen molar-refractivity contribution in [1.29, 1.82) is 5.26 Å². The van der Waals surface area contributed by atoms with Gasteiger partial charge in [0.15, 0.2) is 0 Å². The minimum Gasteiger partial charge on any atom is -0.294 e. The highest BCUT2D eigenvalue weighted by molar-refractivity contribution is 9.10. The zero-order chi connectivity index (χ0) is 15.0. The SMILES string of the molecule is Cc1ccc2c(c1)nc(CCl)n2-c1cc(Br)ccc1C#N. The lowest BCUT2D eigenvalue weighted by Crippen LogP contribution is -2.02. The lowest BCUT2D eigenvalue weighted by atomic mass is 10.1. The average Bonchev–Trinajstić information content (AvgIpc) is 2.84. The van der Waals surface area contributed by atoms with Gasteiger partial charge in [0, 0.05) is 4.47 Å². The number of aryl methyl sites for hydroxylation is 1. The Morgan fingerprint density at radius 2 is 2.10 bits per heavy atom. The van der Waals surface area contributed by atoms with E-state index in [4.69, 9.17) is 11.6 Å². The monoisotopic (exact) mass is 359 g/mol. The van der Waals surface area contributed by atoms with Crippen LogP contribution in [0.5, 0.6) is 0 Å². The Morgan fingerprint density at radius 1 is 1.29 bits per heavy atom. The first-order valence-electron chi connectivity index (χ1n) is 6.38. The first kappa shape index (κ1) is 14.1. The third kappa shape index (κ3) is 2.44. The molecule has 0 aliphatic carbocycles. The van der Waals surface area contributed by atoms with Gasteiger partial charge in [-0.05, 0) is 42.8 Å². The van der Waals surface area contributed by atoms with Gasteiger partial charge in [-0.1, -0.05) is 22.0 Å². The van der Waals surface area contributed by atoms with Crippen LogP contribution in [0.2, 0.25) is 0 Å². The third-order valence-corrected chi connectivity index (χ3v) is 4.05. The van der Waals surface area contributed by atoms with E-state index in [2.05, 4.69) is 27.0 Å². The standard InChI is InChI=1S/C16H11BrClN3/c1-10-2-5-14-13(6-10)20-16(8-18)21(14)15-7-12(17)4-3-11(15)9-19/h2-7H,8H2,1H3. The second-order valence-corrected chi connectivity index (χ2v) is 5.95. The van der Waals surface area contributed by atoms with E-state index in [0.717, 1.165) is 32.6 Å². The molecule has 0 amide bonds. The smallest absolute Gasteiger partial charge is 0.129 e. The molecule has 21 heavy (non-hydrogen) atoms. The number of halogens is 2. The normalized spacial score (nSPS) is 10.8. The summed E-state index contributed by atoms with van der Waals surface area (Å²) in [6, 6.07) is 13.8. The Kier molecular flexibility index (Phi) is 3.71. The summed E-state index contributed by atoms with van der Waals surface area (Å²) < 4.78 is 2.86. The Morgan fingerprint density at radius 3 is 2.81 bits per heavy atom. The maximum absolute atomic E-state index is 9.36. The summed E-state index contributed by atoms with van der Waals surface area (Å²) in [5, 5.41) is 9.36. The average molecular weight is 361 g/mol. The first-order valence-corrected chi connectivity index (χ1v) is 7.71. The highest BCUT2D eigenvalue weighted by Crippen LogP contribution is 2.27. The van der Waals surface area contributed by atoms with Crippen LogP contribution >= 0.6 is 27.5 Å². The molecule has 3 nitrogen and oxygen atoms in total. The molecule has 1 aromatic heterocycles. The summed E-state index contributed by atoms with van der Waals surface area (Å²) in [6.07, 6.45) is 0. The van der Waals surface area contributed by atoms with Crippen molar-refractivity contribution in [2.45, 2.75) is 12.8 Å². The maximum Gasteiger partial charge on any atom is 0.129 e. The molecule has 0 saturated heterocycles. The molecule has 2 aromatic carbocycles. The van der Waals surface area contributed by atoms with Crippen LogP contribution in [-0.4, -0.2) is 9.55 Å². The van der Waals surface area contributed by atoms with Crippen molar-refractivity contribution < 1.29 is 0 Å². The number of fused-ring (bicyclic) bond motifs is 1. The number of imidazole rings is 1. The summed E-state index contributed by atoms with van der Waals surface area (Å²) in [5.41, 5.74) is 4.35.